The first-order valence-corrected chi connectivity index (χ1v) is 10.2. The Kier molecular flexibility index (Phi) is 8.63. The van der Waals surface area contributed by atoms with E-state index in [4.69, 9.17) is 0 Å². The highest BCUT2D eigenvalue weighted by atomic mass is 16.1. The minimum Gasteiger partial charge on any atom is -0.211 e. The molecular weight excluding hydrogens is 396 g/mol. The molecule has 0 aliphatic rings. The lowest BCUT2D eigenvalue weighted by molar-refractivity contribution is 0.564. The molecule has 0 aliphatic heterocycles. The highest BCUT2D eigenvalue weighted by molar-refractivity contribution is 5.51. The van der Waals surface area contributed by atoms with E-state index < -0.39 is 0 Å². The Morgan fingerprint density at radius 3 is 1.06 bits per heavy atom. The molecule has 0 aliphatic carbocycles. The Morgan fingerprint density at radius 1 is 0.438 bits per heavy atom. The Bertz CT molecular complexity index is 1090. The summed E-state index contributed by atoms with van der Waals surface area (Å²) in [5.74, 6) is 0. The maximum Gasteiger partial charge on any atom is 0.240 e. The fraction of sp³-hybridized carbons (Fsp3) is 0.0714. The van der Waals surface area contributed by atoms with E-state index >= 15 is 0 Å². The zero-order valence-electron chi connectivity index (χ0n) is 17.5. The summed E-state index contributed by atoms with van der Waals surface area (Å²) in [5, 5.41) is 0. The second-order valence-corrected chi connectivity index (χ2v) is 7.06. The van der Waals surface area contributed by atoms with Crippen molar-refractivity contribution in [3.05, 3.63) is 131 Å². The van der Waals surface area contributed by atoms with Gasteiger partial charge in [-0.05, 0) is 59.4 Å². The molecule has 0 radical (unpaired) electrons. The van der Waals surface area contributed by atoms with E-state index in [1.165, 1.54) is 23.3 Å². The topological polar surface area (TPSA) is 58.9 Å². The van der Waals surface area contributed by atoms with Crippen molar-refractivity contribution in [1.82, 2.24) is 0 Å². The van der Waals surface area contributed by atoms with Crippen LogP contribution < -0.4 is 0 Å². The van der Waals surface area contributed by atoms with Gasteiger partial charge in [0.15, 0.2) is 0 Å². The number of hydrogen-bond acceptors (Lipinski definition) is 4. The minimum atomic E-state index is 0.592. The van der Waals surface area contributed by atoms with E-state index in [9.17, 15) is 9.59 Å². The first-order valence-electron chi connectivity index (χ1n) is 10.2. The summed E-state index contributed by atoms with van der Waals surface area (Å²) in [4.78, 5) is 27.3. The van der Waals surface area contributed by atoms with Crippen LogP contribution in [-0.2, 0) is 22.4 Å². The zero-order chi connectivity index (χ0) is 22.4. The van der Waals surface area contributed by atoms with Crippen LogP contribution in [0.4, 0.5) is 11.4 Å². The van der Waals surface area contributed by atoms with Crippen molar-refractivity contribution in [3.63, 3.8) is 0 Å². The lowest BCUT2D eigenvalue weighted by atomic mass is 10.0. The number of hydrogen-bond donors (Lipinski definition) is 0. The Morgan fingerprint density at radius 2 is 0.750 bits per heavy atom. The smallest absolute Gasteiger partial charge is 0.211 e. The van der Waals surface area contributed by atoms with Gasteiger partial charge >= 0.3 is 0 Å². The molecule has 0 heterocycles. The van der Waals surface area contributed by atoms with Crippen molar-refractivity contribution < 1.29 is 9.59 Å². The molecule has 0 fully saturated rings. The molecule has 4 rings (SSSR count). The molecule has 0 spiro atoms. The summed E-state index contributed by atoms with van der Waals surface area (Å²) in [6, 6.07) is 35.8. The van der Waals surface area contributed by atoms with Gasteiger partial charge in [-0.1, -0.05) is 84.9 Å². The molecule has 4 aromatic rings. The molecule has 4 aromatic carbocycles. The number of carbonyl (C=O) groups excluding carboxylic acids is 2. The fourth-order valence-electron chi connectivity index (χ4n) is 3.15. The molecule has 0 bridgehead atoms. The van der Waals surface area contributed by atoms with Gasteiger partial charge in [0.1, 0.15) is 0 Å². The first kappa shape index (κ1) is 22.3. The van der Waals surface area contributed by atoms with Crippen LogP contribution in [0.3, 0.4) is 0 Å². The van der Waals surface area contributed by atoms with Crippen LogP contribution in [0.25, 0.3) is 0 Å². The molecule has 0 saturated carbocycles. The lowest BCUT2D eigenvalue weighted by Crippen LogP contribution is -1.86. The zero-order valence-corrected chi connectivity index (χ0v) is 17.5. The third kappa shape index (κ3) is 7.47. The van der Waals surface area contributed by atoms with Crippen LogP contribution in [0.1, 0.15) is 22.3 Å². The highest BCUT2D eigenvalue weighted by Crippen LogP contribution is 2.17. The average molecular weight is 418 g/mol. The highest BCUT2D eigenvalue weighted by Gasteiger charge is 1.98. The predicted molar refractivity (Wildman–Crippen MR) is 127 cm³/mol. The van der Waals surface area contributed by atoms with E-state index in [-0.39, 0.29) is 0 Å². The van der Waals surface area contributed by atoms with E-state index in [1.807, 2.05) is 24.3 Å². The van der Waals surface area contributed by atoms with Crippen LogP contribution in [0.15, 0.2) is 119 Å². The summed E-state index contributed by atoms with van der Waals surface area (Å²) in [5.41, 5.74) is 6.14. The van der Waals surface area contributed by atoms with Gasteiger partial charge in [-0.2, -0.15) is 9.98 Å². The number of aliphatic imine (C=N–C) groups is 2. The number of benzene rings is 4. The van der Waals surface area contributed by atoms with Crippen LogP contribution >= 0.6 is 0 Å². The largest absolute Gasteiger partial charge is 0.240 e. The van der Waals surface area contributed by atoms with Gasteiger partial charge < -0.3 is 0 Å². The molecule has 4 nitrogen and oxygen atoms in total. The van der Waals surface area contributed by atoms with Crippen molar-refractivity contribution in [3.8, 4) is 0 Å². The van der Waals surface area contributed by atoms with Crippen molar-refractivity contribution in [2.24, 2.45) is 9.98 Å². The third-order valence-corrected chi connectivity index (χ3v) is 4.72. The monoisotopic (exact) mass is 418 g/mol. The predicted octanol–water partition coefficient (Wildman–Crippen LogP) is 6.49. The van der Waals surface area contributed by atoms with Crippen LogP contribution in [0, 0.1) is 0 Å². The first-order chi connectivity index (χ1) is 15.8. The average Bonchev–Trinajstić information content (AvgIpc) is 2.84. The van der Waals surface area contributed by atoms with Crippen molar-refractivity contribution in [2.75, 3.05) is 0 Å². The standard InChI is InChI=1S/C15H10N2O2.C13H12/c18-10-16-14-5-1-12(2-6-14)9-13-3-7-15(8-4-13)17-11-19;1-3-7-12(8-4-1)11-13-9-5-2-6-10-13/h1-8H,9H2;1-10H,11H2. The van der Waals surface area contributed by atoms with Gasteiger partial charge in [0.05, 0.1) is 11.4 Å². The summed E-state index contributed by atoms with van der Waals surface area (Å²) in [7, 11) is 0. The number of isocyanates is 2. The van der Waals surface area contributed by atoms with Gasteiger partial charge in [0.25, 0.3) is 0 Å². The summed E-state index contributed by atoms with van der Waals surface area (Å²) in [6.07, 6.45) is 4.80. The van der Waals surface area contributed by atoms with Crippen LogP contribution in [0.5, 0.6) is 0 Å². The quantitative estimate of drug-likeness (QED) is 0.265. The summed E-state index contributed by atoms with van der Waals surface area (Å²) < 4.78 is 0. The molecule has 0 aromatic heterocycles. The molecule has 156 valence electrons. The SMILES string of the molecule is O=C=Nc1ccc(Cc2ccc(N=C=O)cc2)cc1.c1ccc(Cc2ccccc2)cc1. The molecule has 0 atom stereocenters. The second-order valence-electron chi connectivity index (χ2n) is 7.06. The third-order valence-electron chi connectivity index (χ3n) is 4.72. The molecule has 0 unspecified atom stereocenters. The van der Waals surface area contributed by atoms with Crippen molar-refractivity contribution in [2.45, 2.75) is 12.8 Å². The van der Waals surface area contributed by atoms with Crippen molar-refractivity contribution in [1.29, 1.82) is 0 Å². The van der Waals surface area contributed by atoms with E-state index in [2.05, 4.69) is 70.6 Å². The fourth-order valence-corrected chi connectivity index (χ4v) is 3.15. The van der Waals surface area contributed by atoms with Gasteiger partial charge in [-0.3, -0.25) is 0 Å². The van der Waals surface area contributed by atoms with E-state index in [0.29, 0.717) is 11.4 Å². The normalized spacial score (nSPS) is 9.50. The lowest BCUT2D eigenvalue weighted by Gasteiger charge is -2.02. The van der Waals surface area contributed by atoms with Crippen LogP contribution in [0.2, 0.25) is 0 Å². The molecule has 4 heteroatoms. The number of rotatable bonds is 6. The molecule has 0 N–H and O–H groups in total. The summed E-state index contributed by atoms with van der Waals surface area (Å²) >= 11 is 0. The molecule has 32 heavy (non-hydrogen) atoms. The van der Waals surface area contributed by atoms with Crippen molar-refractivity contribution >= 4 is 23.5 Å². The Hall–Kier alpha value is -4.36. The van der Waals surface area contributed by atoms with Gasteiger partial charge in [0.2, 0.25) is 12.2 Å². The summed E-state index contributed by atoms with van der Waals surface area (Å²) in [6.45, 7) is 0. The van der Waals surface area contributed by atoms with E-state index in [1.54, 1.807) is 24.3 Å². The van der Waals surface area contributed by atoms with Crippen LogP contribution in [-0.4, -0.2) is 12.2 Å². The van der Waals surface area contributed by atoms with E-state index in [0.717, 1.165) is 24.0 Å². The second kappa shape index (κ2) is 12.4. The minimum absolute atomic E-state index is 0.592. The molecule has 0 saturated heterocycles. The molecule has 0 amide bonds. The van der Waals surface area contributed by atoms with Gasteiger partial charge in [0, 0.05) is 0 Å². The van der Waals surface area contributed by atoms with Gasteiger partial charge in [-0.15, -0.1) is 0 Å². The maximum absolute atomic E-state index is 10.1. The maximum atomic E-state index is 10.1. The molecular formula is C28H22N2O2. The Balaban J connectivity index is 0.000000193. The Labute approximate surface area is 187 Å². The number of nitrogens with zero attached hydrogens (tertiary/aromatic N) is 2. The van der Waals surface area contributed by atoms with Gasteiger partial charge in [-0.25, -0.2) is 9.59 Å².